The van der Waals surface area contributed by atoms with Crippen LogP contribution in [0.25, 0.3) is 0 Å². The van der Waals surface area contributed by atoms with Crippen LogP contribution in [0.1, 0.15) is 19.8 Å². The molecule has 0 aliphatic carbocycles. The highest BCUT2D eigenvalue weighted by molar-refractivity contribution is 8.00. The highest BCUT2D eigenvalue weighted by Gasteiger charge is 2.26. The number of nitrogens with zero attached hydrogens (tertiary/aromatic N) is 1. The highest BCUT2D eigenvalue weighted by atomic mass is 32.2. The molecule has 1 rings (SSSR count). The number of likely N-dealkylation sites (tertiary alicyclic amines) is 1. The molecule has 0 saturated carbocycles. The van der Waals surface area contributed by atoms with Crippen LogP contribution in [0.15, 0.2) is 0 Å². The number of aliphatic hydroxyl groups excluding tert-OH is 1. The average molecular weight is 275 g/mol. The summed E-state index contributed by atoms with van der Waals surface area (Å²) in [6.45, 7) is 3.17. The van der Waals surface area contributed by atoms with Crippen molar-refractivity contribution in [2.75, 3.05) is 25.4 Å². The zero-order valence-electron chi connectivity index (χ0n) is 10.6. The summed E-state index contributed by atoms with van der Waals surface area (Å²) in [6.07, 6.45) is 1.32. The second kappa shape index (κ2) is 7.60. The summed E-state index contributed by atoms with van der Waals surface area (Å²) in [7, 11) is 0. The van der Waals surface area contributed by atoms with Gasteiger partial charge < -0.3 is 10.0 Å². The largest absolute Gasteiger partial charge is 0.395 e. The van der Waals surface area contributed by atoms with Gasteiger partial charge in [-0.2, -0.15) is 0 Å². The third kappa shape index (κ3) is 4.47. The van der Waals surface area contributed by atoms with Crippen LogP contribution in [0.5, 0.6) is 0 Å². The van der Waals surface area contributed by atoms with Crippen molar-refractivity contribution in [3.8, 4) is 0 Å². The van der Waals surface area contributed by atoms with Crippen molar-refractivity contribution in [2.24, 2.45) is 11.8 Å². The molecule has 0 bridgehead atoms. The number of rotatable bonds is 5. The molecule has 1 aliphatic rings. The van der Waals surface area contributed by atoms with Gasteiger partial charge in [0.15, 0.2) is 0 Å². The Morgan fingerprint density at radius 1 is 1.50 bits per heavy atom. The molecule has 4 N–H and O–H groups in total. The molecule has 1 heterocycles. The van der Waals surface area contributed by atoms with Crippen LogP contribution in [0.3, 0.4) is 0 Å². The first-order chi connectivity index (χ1) is 8.58. The van der Waals surface area contributed by atoms with Gasteiger partial charge in [0.05, 0.1) is 12.4 Å². The average Bonchev–Trinajstić information content (AvgIpc) is 2.43. The van der Waals surface area contributed by atoms with Gasteiger partial charge in [0.25, 0.3) is 0 Å². The van der Waals surface area contributed by atoms with Gasteiger partial charge in [-0.15, -0.1) is 11.8 Å². The van der Waals surface area contributed by atoms with Crippen LogP contribution < -0.4 is 11.3 Å². The van der Waals surface area contributed by atoms with Crippen LogP contribution in [-0.4, -0.2) is 52.5 Å². The number of nitrogens with one attached hydrogen (secondary N) is 1. The summed E-state index contributed by atoms with van der Waals surface area (Å²) in [5.41, 5.74) is 2.15. The summed E-state index contributed by atoms with van der Waals surface area (Å²) in [4.78, 5) is 25.0. The van der Waals surface area contributed by atoms with Crippen LogP contribution >= 0.6 is 11.8 Å². The summed E-state index contributed by atoms with van der Waals surface area (Å²) >= 11 is 1.45. The zero-order chi connectivity index (χ0) is 13.5. The Kier molecular flexibility index (Phi) is 6.45. The minimum Gasteiger partial charge on any atom is -0.395 e. The zero-order valence-corrected chi connectivity index (χ0v) is 11.4. The Morgan fingerprint density at radius 3 is 2.61 bits per heavy atom. The van der Waals surface area contributed by atoms with E-state index < -0.39 is 0 Å². The molecule has 1 saturated heterocycles. The minimum atomic E-state index is -0.148. The minimum absolute atomic E-state index is 0.0758. The van der Waals surface area contributed by atoms with Crippen molar-refractivity contribution in [3.63, 3.8) is 0 Å². The van der Waals surface area contributed by atoms with E-state index in [1.165, 1.54) is 11.8 Å². The Labute approximate surface area is 111 Å². The first-order valence-electron chi connectivity index (χ1n) is 6.09. The number of thioether (sulfide) groups is 1. The standard InChI is InChI=1S/C11H21N3O3S/c1-8(6-15)18-7-10(16)14-4-2-9(3-5-14)11(17)13-12/h8-9,15H,2-7,12H2,1H3,(H,13,17). The Balaban J connectivity index is 2.29. The lowest BCUT2D eigenvalue weighted by Gasteiger charge is -2.31. The van der Waals surface area contributed by atoms with E-state index >= 15 is 0 Å². The third-order valence-corrected chi connectivity index (χ3v) is 4.24. The number of aliphatic hydroxyl groups is 1. The van der Waals surface area contributed by atoms with Gasteiger partial charge in [0.1, 0.15) is 0 Å². The molecule has 1 fully saturated rings. The van der Waals surface area contributed by atoms with E-state index in [-0.39, 0.29) is 29.6 Å². The summed E-state index contributed by atoms with van der Waals surface area (Å²) in [5, 5.41) is 8.96. The van der Waals surface area contributed by atoms with Crippen molar-refractivity contribution in [1.29, 1.82) is 0 Å². The fourth-order valence-electron chi connectivity index (χ4n) is 1.87. The number of hydrazine groups is 1. The van der Waals surface area contributed by atoms with E-state index in [0.29, 0.717) is 31.7 Å². The van der Waals surface area contributed by atoms with Crippen molar-refractivity contribution in [1.82, 2.24) is 10.3 Å². The molecule has 18 heavy (non-hydrogen) atoms. The molecule has 1 aliphatic heterocycles. The molecule has 0 radical (unpaired) electrons. The number of amides is 2. The molecule has 6 nitrogen and oxygen atoms in total. The molecule has 1 atom stereocenters. The van der Waals surface area contributed by atoms with Gasteiger partial charge in [-0.1, -0.05) is 6.92 Å². The topological polar surface area (TPSA) is 95.7 Å². The van der Waals surface area contributed by atoms with E-state index in [2.05, 4.69) is 5.43 Å². The van der Waals surface area contributed by atoms with E-state index in [1.54, 1.807) is 4.90 Å². The van der Waals surface area contributed by atoms with Crippen molar-refractivity contribution in [3.05, 3.63) is 0 Å². The van der Waals surface area contributed by atoms with Crippen molar-refractivity contribution in [2.45, 2.75) is 25.0 Å². The second-order valence-corrected chi connectivity index (χ2v) is 5.89. The fraction of sp³-hybridized carbons (Fsp3) is 0.818. The van der Waals surface area contributed by atoms with Gasteiger partial charge >= 0.3 is 0 Å². The Morgan fingerprint density at radius 2 is 2.11 bits per heavy atom. The summed E-state index contributed by atoms with van der Waals surface area (Å²) in [6, 6.07) is 0. The third-order valence-electron chi connectivity index (χ3n) is 3.11. The Bertz CT molecular complexity index is 293. The van der Waals surface area contributed by atoms with Crippen molar-refractivity contribution >= 4 is 23.6 Å². The van der Waals surface area contributed by atoms with Gasteiger partial charge in [0.2, 0.25) is 11.8 Å². The molecule has 0 aromatic heterocycles. The van der Waals surface area contributed by atoms with Gasteiger partial charge in [-0.3, -0.25) is 15.0 Å². The molecule has 0 aromatic rings. The number of hydrogen-bond donors (Lipinski definition) is 3. The number of carbonyl (C=O) groups excluding carboxylic acids is 2. The first kappa shape index (κ1) is 15.3. The normalized spacial score (nSPS) is 18.5. The van der Waals surface area contributed by atoms with Crippen LogP contribution in [0.2, 0.25) is 0 Å². The van der Waals surface area contributed by atoms with Crippen LogP contribution in [0, 0.1) is 5.92 Å². The lowest BCUT2D eigenvalue weighted by molar-refractivity contribution is -0.133. The molecule has 0 aromatic carbocycles. The SMILES string of the molecule is CC(CO)SCC(=O)N1CCC(C(=O)NN)CC1. The van der Waals surface area contributed by atoms with E-state index in [1.807, 2.05) is 6.92 Å². The molecular weight excluding hydrogens is 254 g/mol. The maximum Gasteiger partial charge on any atom is 0.237 e. The monoisotopic (exact) mass is 275 g/mol. The summed E-state index contributed by atoms with van der Waals surface area (Å²) in [5.74, 6) is 5.32. The highest BCUT2D eigenvalue weighted by Crippen LogP contribution is 2.19. The van der Waals surface area contributed by atoms with Crippen LogP contribution in [0.4, 0.5) is 0 Å². The maximum absolute atomic E-state index is 11.9. The number of piperidine rings is 1. The lowest BCUT2D eigenvalue weighted by atomic mass is 9.96. The molecule has 7 heteroatoms. The molecule has 1 unspecified atom stereocenters. The lowest BCUT2D eigenvalue weighted by Crippen LogP contribution is -2.45. The summed E-state index contributed by atoms with van der Waals surface area (Å²) < 4.78 is 0. The number of hydrogen-bond acceptors (Lipinski definition) is 5. The number of nitrogens with two attached hydrogens (primary N) is 1. The first-order valence-corrected chi connectivity index (χ1v) is 7.14. The predicted molar refractivity (Wildman–Crippen MR) is 70.6 cm³/mol. The van der Waals surface area contributed by atoms with E-state index in [0.717, 1.165) is 0 Å². The van der Waals surface area contributed by atoms with Gasteiger partial charge in [0, 0.05) is 24.3 Å². The van der Waals surface area contributed by atoms with Crippen LogP contribution in [-0.2, 0) is 9.59 Å². The molecule has 0 spiro atoms. The fourth-order valence-corrected chi connectivity index (χ4v) is 2.58. The second-order valence-electron chi connectivity index (χ2n) is 4.47. The van der Waals surface area contributed by atoms with E-state index in [9.17, 15) is 9.59 Å². The quantitative estimate of drug-likeness (QED) is 0.351. The molecular formula is C11H21N3O3S. The smallest absolute Gasteiger partial charge is 0.237 e. The van der Waals surface area contributed by atoms with E-state index in [4.69, 9.17) is 10.9 Å². The maximum atomic E-state index is 11.9. The van der Waals surface area contributed by atoms with Gasteiger partial charge in [-0.25, -0.2) is 5.84 Å². The number of carbonyl (C=O) groups is 2. The Hall–Kier alpha value is -0.790. The van der Waals surface area contributed by atoms with Gasteiger partial charge in [-0.05, 0) is 12.8 Å². The molecule has 2 amide bonds. The van der Waals surface area contributed by atoms with Crippen molar-refractivity contribution < 1.29 is 14.7 Å². The molecule has 104 valence electrons. The predicted octanol–water partition coefficient (Wildman–Crippen LogP) is -0.671.